The monoisotopic (exact) mass is 424 g/mol. The quantitative estimate of drug-likeness (QED) is 0.316. The lowest BCUT2D eigenvalue weighted by Gasteiger charge is -2.25. The van der Waals surface area contributed by atoms with E-state index in [1.54, 1.807) is 57.2 Å². The van der Waals surface area contributed by atoms with Crippen LogP contribution in [0.4, 0.5) is 0 Å². The summed E-state index contributed by atoms with van der Waals surface area (Å²) in [7, 11) is 1.48. The highest BCUT2D eigenvalue weighted by Gasteiger charge is 2.45. The Morgan fingerprint density at radius 2 is 1.93 bits per heavy atom. The molecule has 0 aromatic heterocycles. The van der Waals surface area contributed by atoms with E-state index in [0.29, 0.717) is 12.0 Å². The molecule has 0 amide bonds. The van der Waals surface area contributed by atoms with Crippen LogP contribution >= 0.6 is 0 Å². The van der Waals surface area contributed by atoms with Crippen LogP contribution in [0.1, 0.15) is 37.6 Å². The van der Waals surface area contributed by atoms with E-state index in [4.69, 9.17) is 23.7 Å². The van der Waals surface area contributed by atoms with Crippen LogP contribution in [0.2, 0.25) is 0 Å². The number of rotatable bonds is 11. The van der Waals surface area contributed by atoms with Crippen molar-refractivity contribution in [3.63, 3.8) is 0 Å². The van der Waals surface area contributed by atoms with Crippen LogP contribution in [0.5, 0.6) is 0 Å². The van der Waals surface area contributed by atoms with E-state index in [2.05, 4.69) is 0 Å². The summed E-state index contributed by atoms with van der Waals surface area (Å²) in [5.74, 6) is -1.42. The number of benzene rings is 1. The van der Waals surface area contributed by atoms with Crippen LogP contribution < -0.4 is 0 Å². The molecule has 1 fully saturated rings. The molecule has 1 heterocycles. The Morgan fingerprint density at radius 3 is 2.53 bits per heavy atom. The van der Waals surface area contributed by atoms with Crippen LogP contribution in [-0.2, 0) is 23.7 Å². The van der Waals surface area contributed by atoms with Crippen molar-refractivity contribution in [1.82, 2.24) is 0 Å². The van der Waals surface area contributed by atoms with Gasteiger partial charge in [0.15, 0.2) is 5.79 Å². The number of carbonyl (C=O) groups excluding carboxylic acids is 1. The van der Waals surface area contributed by atoms with Gasteiger partial charge in [-0.15, -0.1) is 0 Å². The molecular weight excluding hydrogens is 392 g/mol. The second kappa shape index (κ2) is 11.5. The third-order valence-corrected chi connectivity index (χ3v) is 4.56. The molecule has 1 aliphatic heterocycles. The maximum atomic E-state index is 12.7. The van der Waals surface area contributed by atoms with Crippen LogP contribution in [0.25, 0.3) is 0 Å². The van der Waals surface area contributed by atoms with Crippen molar-refractivity contribution in [3.8, 4) is 0 Å². The number of ether oxygens (including phenoxy) is 5. The first-order valence-electron chi connectivity index (χ1n) is 9.97. The van der Waals surface area contributed by atoms with Crippen LogP contribution in [-0.4, -0.2) is 73.0 Å². The lowest BCUT2D eigenvalue weighted by atomic mass is 10.0. The molecule has 1 saturated heterocycles. The molecule has 0 radical (unpaired) electrons. The van der Waals surface area contributed by atoms with Crippen molar-refractivity contribution in [1.29, 1.82) is 0 Å². The van der Waals surface area contributed by atoms with Gasteiger partial charge < -0.3 is 33.9 Å². The maximum absolute atomic E-state index is 12.7. The Labute approximate surface area is 177 Å². The fourth-order valence-corrected chi connectivity index (χ4v) is 3.20. The normalized spacial score (nSPS) is 23.9. The molecule has 8 nitrogen and oxygen atoms in total. The zero-order valence-corrected chi connectivity index (χ0v) is 17.9. The molecule has 30 heavy (non-hydrogen) atoms. The Kier molecular flexibility index (Phi) is 9.41. The number of methoxy groups -OCH3 is 1. The van der Waals surface area contributed by atoms with Gasteiger partial charge in [0.05, 0.1) is 17.8 Å². The molecule has 0 aliphatic carbocycles. The van der Waals surface area contributed by atoms with E-state index in [1.807, 2.05) is 6.07 Å². The van der Waals surface area contributed by atoms with Crippen molar-refractivity contribution in [2.45, 2.75) is 63.5 Å². The van der Waals surface area contributed by atoms with E-state index in [-0.39, 0.29) is 13.4 Å². The first kappa shape index (κ1) is 24.5. The third-order valence-electron chi connectivity index (χ3n) is 4.56. The molecule has 8 heteroatoms. The SMILES string of the molecule is COCO[C@H](/C=C\C(OC(=O)c1ccccc1)[C@H]1OC(C)(C)O[C@H]1CCO)[C@H](C)O. The van der Waals surface area contributed by atoms with E-state index in [1.165, 1.54) is 7.11 Å². The summed E-state index contributed by atoms with van der Waals surface area (Å²) in [5.41, 5.74) is 0.399. The summed E-state index contributed by atoms with van der Waals surface area (Å²) >= 11 is 0. The summed E-state index contributed by atoms with van der Waals surface area (Å²) in [5, 5.41) is 19.4. The lowest BCUT2D eigenvalue weighted by molar-refractivity contribution is -0.153. The van der Waals surface area contributed by atoms with Gasteiger partial charge in [0.1, 0.15) is 25.1 Å². The van der Waals surface area contributed by atoms with Crippen LogP contribution in [0, 0.1) is 0 Å². The van der Waals surface area contributed by atoms with E-state index in [0.717, 1.165) is 0 Å². The number of aliphatic hydroxyl groups is 2. The molecule has 1 aromatic rings. The number of esters is 1. The zero-order chi connectivity index (χ0) is 22.1. The van der Waals surface area contributed by atoms with Gasteiger partial charge in [-0.3, -0.25) is 0 Å². The lowest BCUT2D eigenvalue weighted by Crippen LogP contribution is -2.38. The minimum absolute atomic E-state index is 0.00240. The van der Waals surface area contributed by atoms with Gasteiger partial charge >= 0.3 is 5.97 Å². The van der Waals surface area contributed by atoms with Crippen molar-refractivity contribution >= 4 is 5.97 Å². The van der Waals surface area contributed by atoms with Gasteiger partial charge in [0, 0.05) is 13.7 Å². The highest BCUT2D eigenvalue weighted by atomic mass is 16.8. The Balaban J connectivity index is 2.26. The highest BCUT2D eigenvalue weighted by Crippen LogP contribution is 2.33. The van der Waals surface area contributed by atoms with Crippen molar-refractivity contribution in [2.75, 3.05) is 20.5 Å². The topological polar surface area (TPSA) is 104 Å². The molecule has 2 rings (SSSR count). The molecule has 0 bridgehead atoms. The van der Waals surface area contributed by atoms with E-state index >= 15 is 0 Å². The summed E-state index contributed by atoms with van der Waals surface area (Å²) in [6.45, 7) is 5.01. The average Bonchev–Trinajstić information content (AvgIpc) is 3.01. The van der Waals surface area contributed by atoms with Gasteiger partial charge in [-0.25, -0.2) is 4.79 Å². The van der Waals surface area contributed by atoms with Crippen molar-refractivity contribution in [2.24, 2.45) is 0 Å². The zero-order valence-electron chi connectivity index (χ0n) is 17.9. The molecule has 2 N–H and O–H groups in total. The smallest absolute Gasteiger partial charge is 0.338 e. The van der Waals surface area contributed by atoms with Crippen molar-refractivity contribution < 1.29 is 38.7 Å². The Bertz CT molecular complexity index is 673. The first-order chi connectivity index (χ1) is 14.3. The molecule has 5 atom stereocenters. The average molecular weight is 424 g/mol. The summed E-state index contributed by atoms with van der Waals surface area (Å²) < 4.78 is 28.0. The first-order valence-corrected chi connectivity index (χ1v) is 9.97. The summed E-state index contributed by atoms with van der Waals surface area (Å²) in [6, 6.07) is 8.62. The largest absolute Gasteiger partial charge is 0.452 e. The second-order valence-electron chi connectivity index (χ2n) is 7.55. The molecule has 168 valence electrons. The maximum Gasteiger partial charge on any atom is 0.338 e. The second-order valence-corrected chi connectivity index (χ2v) is 7.55. The number of hydrogen-bond donors (Lipinski definition) is 2. The van der Waals surface area contributed by atoms with E-state index in [9.17, 15) is 15.0 Å². The predicted molar refractivity (Wildman–Crippen MR) is 109 cm³/mol. The van der Waals surface area contributed by atoms with Gasteiger partial charge in [0.2, 0.25) is 0 Å². The van der Waals surface area contributed by atoms with Gasteiger partial charge in [-0.05, 0) is 45.4 Å². The minimum Gasteiger partial charge on any atom is -0.452 e. The molecule has 1 aromatic carbocycles. The fourth-order valence-electron chi connectivity index (χ4n) is 3.20. The molecular formula is C22H32O8. The number of hydrogen-bond acceptors (Lipinski definition) is 8. The van der Waals surface area contributed by atoms with Gasteiger partial charge in [-0.1, -0.05) is 24.3 Å². The Hall–Kier alpha value is -1.81. The van der Waals surface area contributed by atoms with E-state index < -0.39 is 42.3 Å². The highest BCUT2D eigenvalue weighted by molar-refractivity contribution is 5.89. The molecule has 0 saturated carbocycles. The minimum atomic E-state index is -0.897. The van der Waals surface area contributed by atoms with Gasteiger partial charge in [-0.2, -0.15) is 0 Å². The van der Waals surface area contributed by atoms with Gasteiger partial charge in [0.25, 0.3) is 0 Å². The summed E-state index contributed by atoms with van der Waals surface area (Å²) in [6.07, 6.45) is 0.110. The fraction of sp³-hybridized carbons (Fsp3) is 0.591. The summed E-state index contributed by atoms with van der Waals surface area (Å²) in [4.78, 5) is 12.7. The third kappa shape index (κ3) is 7.16. The van der Waals surface area contributed by atoms with Crippen LogP contribution in [0.15, 0.2) is 42.5 Å². The molecule has 1 unspecified atom stereocenters. The number of aliphatic hydroxyl groups excluding tert-OH is 2. The molecule has 0 spiro atoms. The Morgan fingerprint density at radius 1 is 1.23 bits per heavy atom. The number of carbonyl (C=O) groups is 1. The predicted octanol–water partition coefficient (Wildman–Crippen LogP) is 2.04. The standard InChI is InChI=1S/C22H32O8/c1-15(24)17(27-14-26-4)10-11-18(28-21(25)16-8-6-5-7-9-16)20-19(12-13-23)29-22(2,3)30-20/h5-11,15,17-20,23-24H,12-14H2,1-4H3/b11-10-/t15-,17+,18?,19-,20+/m0/s1. The molecule has 1 aliphatic rings. The van der Waals surface area contributed by atoms with Crippen LogP contribution in [0.3, 0.4) is 0 Å². The van der Waals surface area contributed by atoms with Crippen molar-refractivity contribution in [3.05, 3.63) is 48.0 Å².